The minimum absolute atomic E-state index is 0.0116. The van der Waals surface area contributed by atoms with Gasteiger partial charge in [-0.15, -0.1) is 0 Å². The molecule has 2 fully saturated rings. The van der Waals surface area contributed by atoms with E-state index in [9.17, 15) is 9.59 Å². The fourth-order valence-electron chi connectivity index (χ4n) is 2.76. The van der Waals surface area contributed by atoms with Crippen molar-refractivity contribution in [1.29, 1.82) is 0 Å². The summed E-state index contributed by atoms with van der Waals surface area (Å²) in [6, 6.07) is -0.641. The molecule has 0 radical (unpaired) electrons. The van der Waals surface area contributed by atoms with Crippen LogP contribution in [0.5, 0.6) is 0 Å². The molecule has 6 heteroatoms. The van der Waals surface area contributed by atoms with E-state index in [1.54, 1.807) is 0 Å². The number of amides is 1. The molecule has 2 aliphatic heterocycles. The Labute approximate surface area is 106 Å². The molecule has 2 N–H and O–H groups in total. The Morgan fingerprint density at radius 2 is 2.22 bits per heavy atom. The van der Waals surface area contributed by atoms with E-state index >= 15 is 0 Å². The highest BCUT2D eigenvalue weighted by Gasteiger charge is 2.41. The number of likely N-dealkylation sites (N-methyl/N-ethyl adjacent to an activating group) is 1. The third kappa shape index (κ3) is 2.49. The molecule has 2 aliphatic rings. The van der Waals surface area contributed by atoms with Gasteiger partial charge < -0.3 is 20.1 Å². The van der Waals surface area contributed by atoms with Crippen LogP contribution in [0, 0.1) is 5.92 Å². The molecule has 18 heavy (non-hydrogen) atoms. The number of carboxylic acids is 1. The molecule has 2 saturated heterocycles. The summed E-state index contributed by atoms with van der Waals surface area (Å²) in [5, 5.41) is 12.3. The van der Waals surface area contributed by atoms with Gasteiger partial charge >= 0.3 is 5.97 Å². The summed E-state index contributed by atoms with van der Waals surface area (Å²) in [4.78, 5) is 25.0. The molecule has 0 aromatic carbocycles. The van der Waals surface area contributed by atoms with Gasteiger partial charge in [-0.25, -0.2) is 4.79 Å². The van der Waals surface area contributed by atoms with Crippen LogP contribution in [0.25, 0.3) is 0 Å². The lowest BCUT2D eigenvalue weighted by molar-refractivity contribution is -0.150. The molecule has 3 atom stereocenters. The summed E-state index contributed by atoms with van der Waals surface area (Å²) in [7, 11) is 0. The first-order chi connectivity index (χ1) is 8.65. The van der Waals surface area contributed by atoms with E-state index in [1.807, 2.05) is 6.92 Å². The van der Waals surface area contributed by atoms with Crippen LogP contribution < -0.4 is 5.32 Å². The van der Waals surface area contributed by atoms with E-state index in [0.717, 1.165) is 13.0 Å². The van der Waals surface area contributed by atoms with E-state index in [-0.39, 0.29) is 17.9 Å². The smallest absolute Gasteiger partial charge is 0.326 e. The lowest BCUT2D eigenvalue weighted by Crippen LogP contribution is -2.49. The predicted molar refractivity (Wildman–Crippen MR) is 64.1 cm³/mol. The predicted octanol–water partition coefficient (Wildman–Crippen LogP) is -0.313. The Kier molecular flexibility index (Phi) is 4.19. The molecular formula is C12H20N2O4. The number of aliphatic carboxylic acids is 1. The van der Waals surface area contributed by atoms with Crippen molar-refractivity contribution in [2.24, 2.45) is 5.92 Å². The zero-order valence-corrected chi connectivity index (χ0v) is 10.6. The average Bonchev–Trinajstić information content (AvgIpc) is 2.96. The van der Waals surface area contributed by atoms with Crippen molar-refractivity contribution < 1.29 is 19.4 Å². The first kappa shape index (κ1) is 13.3. The summed E-state index contributed by atoms with van der Waals surface area (Å²) in [5.74, 6) is -1.23. The zero-order chi connectivity index (χ0) is 13.1. The van der Waals surface area contributed by atoms with Gasteiger partial charge in [-0.2, -0.15) is 0 Å². The maximum absolute atomic E-state index is 12.4. The standard InChI is InChI=1S/C12H20N2O4/c1-2-13-9-7-18-6-8(9)11(15)14-5-3-4-10(14)12(16)17/h8-10,13H,2-7H2,1H3,(H,16,17). The highest BCUT2D eigenvalue weighted by molar-refractivity contribution is 5.86. The van der Waals surface area contributed by atoms with Gasteiger partial charge in [0.25, 0.3) is 0 Å². The Morgan fingerprint density at radius 1 is 1.44 bits per heavy atom. The maximum Gasteiger partial charge on any atom is 0.326 e. The number of nitrogens with one attached hydrogen (secondary N) is 1. The van der Waals surface area contributed by atoms with Gasteiger partial charge in [-0.3, -0.25) is 4.79 Å². The molecule has 102 valence electrons. The molecule has 6 nitrogen and oxygen atoms in total. The van der Waals surface area contributed by atoms with Gasteiger partial charge in [0.1, 0.15) is 6.04 Å². The Morgan fingerprint density at radius 3 is 2.89 bits per heavy atom. The number of hydrogen-bond acceptors (Lipinski definition) is 4. The molecule has 0 bridgehead atoms. The topological polar surface area (TPSA) is 78.9 Å². The highest BCUT2D eigenvalue weighted by atomic mass is 16.5. The molecular weight excluding hydrogens is 236 g/mol. The lowest BCUT2D eigenvalue weighted by atomic mass is 10.0. The van der Waals surface area contributed by atoms with Gasteiger partial charge in [-0.05, 0) is 19.4 Å². The maximum atomic E-state index is 12.4. The van der Waals surface area contributed by atoms with E-state index in [2.05, 4.69) is 5.32 Å². The van der Waals surface area contributed by atoms with Crippen LogP contribution in [0.3, 0.4) is 0 Å². The van der Waals surface area contributed by atoms with Crippen molar-refractivity contribution in [3.63, 3.8) is 0 Å². The fourth-order valence-corrected chi connectivity index (χ4v) is 2.76. The number of nitrogens with zero attached hydrogens (tertiary/aromatic N) is 1. The third-order valence-corrected chi connectivity index (χ3v) is 3.68. The Balaban J connectivity index is 2.03. The van der Waals surface area contributed by atoms with Crippen LogP contribution in [0.1, 0.15) is 19.8 Å². The number of carbonyl (C=O) groups excluding carboxylic acids is 1. The molecule has 0 aliphatic carbocycles. The Hall–Kier alpha value is -1.14. The number of likely N-dealkylation sites (tertiary alicyclic amines) is 1. The largest absolute Gasteiger partial charge is 0.480 e. The molecule has 3 unspecified atom stereocenters. The quantitative estimate of drug-likeness (QED) is 0.721. The van der Waals surface area contributed by atoms with Crippen molar-refractivity contribution in [3.05, 3.63) is 0 Å². The fraction of sp³-hybridized carbons (Fsp3) is 0.833. The van der Waals surface area contributed by atoms with Crippen LogP contribution in [-0.4, -0.2) is 60.3 Å². The molecule has 0 spiro atoms. The van der Waals surface area contributed by atoms with Crippen LogP contribution in [0.15, 0.2) is 0 Å². The lowest BCUT2D eigenvalue weighted by Gasteiger charge is -2.27. The second kappa shape index (κ2) is 5.67. The van der Waals surface area contributed by atoms with E-state index in [0.29, 0.717) is 26.2 Å². The highest BCUT2D eigenvalue weighted by Crippen LogP contribution is 2.24. The van der Waals surface area contributed by atoms with Crippen molar-refractivity contribution >= 4 is 11.9 Å². The minimum atomic E-state index is -0.903. The molecule has 0 aromatic heterocycles. The van der Waals surface area contributed by atoms with Gasteiger partial charge in [-0.1, -0.05) is 6.92 Å². The van der Waals surface area contributed by atoms with Crippen LogP contribution in [0.2, 0.25) is 0 Å². The van der Waals surface area contributed by atoms with E-state index in [1.165, 1.54) is 4.90 Å². The second-order valence-corrected chi connectivity index (χ2v) is 4.84. The third-order valence-electron chi connectivity index (χ3n) is 3.68. The zero-order valence-electron chi connectivity index (χ0n) is 10.6. The Bertz CT molecular complexity index is 334. The van der Waals surface area contributed by atoms with E-state index in [4.69, 9.17) is 9.84 Å². The van der Waals surface area contributed by atoms with Crippen LogP contribution in [-0.2, 0) is 14.3 Å². The minimum Gasteiger partial charge on any atom is -0.480 e. The number of rotatable bonds is 4. The SMILES string of the molecule is CCNC1COCC1C(=O)N1CCCC1C(=O)O. The number of ether oxygens (including phenoxy) is 1. The van der Waals surface area contributed by atoms with Crippen LogP contribution in [0.4, 0.5) is 0 Å². The van der Waals surface area contributed by atoms with Gasteiger partial charge in [0.15, 0.2) is 0 Å². The normalized spacial score (nSPS) is 31.8. The van der Waals surface area contributed by atoms with Gasteiger partial charge in [0, 0.05) is 12.6 Å². The van der Waals surface area contributed by atoms with E-state index < -0.39 is 12.0 Å². The summed E-state index contributed by atoms with van der Waals surface area (Å²) in [6.45, 7) is 4.22. The summed E-state index contributed by atoms with van der Waals surface area (Å²) in [5.41, 5.74) is 0. The first-order valence-electron chi connectivity index (χ1n) is 6.49. The van der Waals surface area contributed by atoms with Crippen molar-refractivity contribution in [2.75, 3.05) is 26.3 Å². The average molecular weight is 256 g/mol. The van der Waals surface area contributed by atoms with Gasteiger partial charge in [0.2, 0.25) is 5.91 Å². The molecule has 2 heterocycles. The summed E-state index contributed by atoms with van der Waals surface area (Å²) >= 11 is 0. The monoisotopic (exact) mass is 256 g/mol. The first-order valence-corrected chi connectivity index (χ1v) is 6.49. The van der Waals surface area contributed by atoms with Gasteiger partial charge in [0.05, 0.1) is 19.1 Å². The van der Waals surface area contributed by atoms with Crippen molar-refractivity contribution in [1.82, 2.24) is 10.2 Å². The molecule has 1 amide bonds. The summed E-state index contributed by atoms with van der Waals surface area (Å²) < 4.78 is 5.34. The van der Waals surface area contributed by atoms with Crippen LogP contribution >= 0.6 is 0 Å². The molecule has 0 aromatic rings. The molecule has 2 rings (SSSR count). The summed E-state index contributed by atoms with van der Waals surface area (Å²) in [6.07, 6.45) is 1.32. The van der Waals surface area contributed by atoms with Crippen molar-refractivity contribution in [3.8, 4) is 0 Å². The number of carboxylic acid groups (broad SMARTS) is 1. The second-order valence-electron chi connectivity index (χ2n) is 4.84. The molecule has 0 saturated carbocycles. The number of hydrogen-bond donors (Lipinski definition) is 2. The van der Waals surface area contributed by atoms with Crippen molar-refractivity contribution in [2.45, 2.75) is 31.8 Å². The number of carbonyl (C=O) groups is 2.